The zero-order valence-corrected chi connectivity index (χ0v) is 13.2. The molecule has 6 heteroatoms. The summed E-state index contributed by atoms with van der Waals surface area (Å²) in [6, 6.07) is 7.62. The summed E-state index contributed by atoms with van der Waals surface area (Å²) in [6.45, 7) is 2.33. The van der Waals surface area contributed by atoms with Crippen LogP contribution in [0.25, 0.3) is 17.1 Å². The van der Waals surface area contributed by atoms with Gasteiger partial charge in [0.15, 0.2) is 0 Å². The number of fused-ring (bicyclic) bond motifs is 1. The first-order valence-corrected chi connectivity index (χ1v) is 7.54. The second kappa shape index (κ2) is 9.66. The van der Waals surface area contributed by atoms with E-state index < -0.39 is 0 Å². The van der Waals surface area contributed by atoms with Gasteiger partial charge in [-0.15, -0.1) is 0 Å². The van der Waals surface area contributed by atoms with Gasteiger partial charge >= 0.3 is 0 Å². The molecule has 2 aromatic rings. The van der Waals surface area contributed by atoms with Crippen molar-refractivity contribution in [2.24, 2.45) is 0 Å². The Kier molecular flexibility index (Phi) is 7.16. The van der Waals surface area contributed by atoms with Gasteiger partial charge in [-0.1, -0.05) is 12.1 Å². The number of nitrogens with one attached hydrogen (secondary N) is 1. The lowest BCUT2D eigenvalue weighted by molar-refractivity contribution is -0.116. The lowest BCUT2D eigenvalue weighted by Crippen LogP contribution is -2.23. The number of benzene rings is 1. The SMILES string of the molecule is COCCOCCCNC(=O)/C=C/c1cnc2ccccc2n1. The van der Waals surface area contributed by atoms with Crippen molar-refractivity contribution in [3.63, 3.8) is 0 Å². The van der Waals surface area contributed by atoms with E-state index in [1.165, 1.54) is 6.08 Å². The number of para-hydroxylation sites is 2. The molecule has 2 rings (SSSR count). The van der Waals surface area contributed by atoms with E-state index in [4.69, 9.17) is 9.47 Å². The fraction of sp³-hybridized carbons (Fsp3) is 0.353. The Bertz CT molecular complexity index is 658. The largest absolute Gasteiger partial charge is 0.382 e. The summed E-state index contributed by atoms with van der Waals surface area (Å²) >= 11 is 0. The number of rotatable bonds is 9. The van der Waals surface area contributed by atoms with Crippen LogP contribution in [0.4, 0.5) is 0 Å². The third-order valence-electron chi connectivity index (χ3n) is 3.07. The molecule has 0 aliphatic heterocycles. The molecule has 1 N–H and O–H groups in total. The van der Waals surface area contributed by atoms with Crippen molar-refractivity contribution >= 4 is 23.0 Å². The topological polar surface area (TPSA) is 73.3 Å². The Hall–Kier alpha value is -2.31. The Morgan fingerprint density at radius 1 is 1.22 bits per heavy atom. The molecular formula is C17H21N3O3. The number of carbonyl (C=O) groups excluding carboxylic acids is 1. The van der Waals surface area contributed by atoms with E-state index in [0.29, 0.717) is 32.1 Å². The molecule has 6 nitrogen and oxygen atoms in total. The van der Waals surface area contributed by atoms with Crippen LogP contribution < -0.4 is 5.32 Å². The highest BCUT2D eigenvalue weighted by atomic mass is 16.5. The third-order valence-corrected chi connectivity index (χ3v) is 3.07. The molecule has 0 unspecified atom stereocenters. The number of ether oxygens (including phenoxy) is 2. The maximum absolute atomic E-state index is 11.7. The van der Waals surface area contributed by atoms with Gasteiger partial charge in [-0.2, -0.15) is 0 Å². The van der Waals surface area contributed by atoms with Gasteiger partial charge in [0.1, 0.15) is 0 Å². The van der Waals surface area contributed by atoms with Gasteiger partial charge < -0.3 is 14.8 Å². The number of aromatic nitrogens is 2. The lowest BCUT2D eigenvalue weighted by atomic mass is 10.3. The molecule has 0 aliphatic carbocycles. The predicted molar refractivity (Wildman–Crippen MR) is 88.9 cm³/mol. The Balaban J connectivity index is 1.72. The number of methoxy groups -OCH3 is 1. The molecule has 0 aliphatic rings. The van der Waals surface area contributed by atoms with Crippen molar-refractivity contribution < 1.29 is 14.3 Å². The fourth-order valence-electron chi connectivity index (χ4n) is 1.90. The third kappa shape index (κ3) is 6.14. The van der Waals surface area contributed by atoms with Crippen molar-refractivity contribution in [2.45, 2.75) is 6.42 Å². The summed E-state index contributed by atoms with van der Waals surface area (Å²) in [5, 5.41) is 2.80. The van der Waals surface area contributed by atoms with E-state index in [-0.39, 0.29) is 5.91 Å². The highest BCUT2D eigenvalue weighted by Gasteiger charge is 1.98. The smallest absolute Gasteiger partial charge is 0.244 e. The molecule has 122 valence electrons. The van der Waals surface area contributed by atoms with Crippen LogP contribution in [0.3, 0.4) is 0 Å². The van der Waals surface area contributed by atoms with Crippen LogP contribution in [-0.2, 0) is 14.3 Å². The zero-order valence-electron chi connectivity index (χ0n) is 13.2. The zero-order chi connectivity index (χ0) is 16.3. The molecular weight excluding hydrogens is 294 g/mol. The van der Waals surface area contributed by atoms with Crippen LogP contribution in [0.1, 0.15) is 12.1 Å². The number of amides is 1. The van der Waals surface area contributed by atoms with Crippen molar-refractivity contribution in [1.82, 2.24) is 15.3 Å². The summed E-state index contributed by atoms with van der Waals surface area (Å²) < 4.78 is 10.2. The summed E-state index contributed by atoms with van der Waals surface area (Å²) in [6.07, 6.45) is 5.53. The van der Waals surface area contributed by atoms with Crippen molar-refractivity contribution in [3.05, 3.63) is 42.2 Å². The molecule has 1 amide bonds. The van der Waals surface area contributed by atoms with Crippen LogP contribution in [0.15, 0.2) is 36.5 Å². The molecule has 0 saturated heterocycles. The molecule has 0 fully saturated rings. The quantitative estimate of drug-likeness (QED) is 0.564. The van der Waals surface area contributed by atoms with Crippen LogP contribution >= 0.6 is 0 Å². The first-order valence-electron chi connectivity index (χ1n) is 7.54. The van der Waals surface area contributed by atoms with Crippen LogP contribution in [-0.4, -0.2) is 49.4 Å². The van der Waals surface area contributed by atoms with Crippen LogP contribution in [0, 0.1) is 0 Å². The van der Waals surface area contributed by atoms with Crippen LogP contribution in [0.2, 0.25) is 0 Å². The van der Waals surface area contributed by atoms with Crippen molar-refractivity contribution in [3.8, 4) is 0 Å². The molecule has 1 aromatic carbocycles. The first kappa shape index (κ1) is 17.1. The number of hydrogen-bond donors (Lipinski definition) is 1. The molecule has 0 spiro atoms. The standard InChI is InChI=1S/C17H21N3O3/c1-22-11-12-23-10-4-9-18-17(21)8-7-14-13-19-15-5-2-3-6-16(15)20-14/h2-3,5-8,13H,4,9-12H2,1H3,(H,18,21)/b8-7+. The van der Waals surface area contributed by atoms with E-state index in [2.05, 4.69) is 15.3 Å². The second-order valence-electron chi connectivity index (χ2n) is 4.87. The van der Waals surface area contributed by atoms with Gasteiger partial charge in [0.2, 0.25) is 5.91 Å². The maximum atomic E-state index is 11.7. The highest BCUT2D eigenvalue weighted by molar-refractivity contribution is 5.91. The average molecular weight is 315 g/mol. The molecule has 23 heavy (non-hydrogen) atoms. The number of carbonyl (C=O) groups is 1. The molecule has 1 heterocycles. The van der Waals surface area contributed by atoms with Gasteiger partial charge in [0, 0.05) is 26.3 Å². The summed E-state index contributed by atoms with van der Waals surface area (Å²) in [5.74, 6) is -0.156. The van der Waals surface area contributed by atoms with Crippen molar-refractivity contribution in [1.29, 1.82) is 0 Å². The lowest BCUT2D eigenvalue weighted by Gasteiger charge is -2.04. The van der Waals surface area contributed by atoms with Crippen molar-refractivity contribution in [2.75, 3.05) is 33.5 Å². The van der Waals surface area contributed by atoms with E-state index in [1.54, 1.807) is 19.4 Å². The maximum Gasteiger partial charge on any atom is 0.244 e. The van der Waals surface area contributed by atoms with Crippen LogP contribution in [0.5, 0.6) is 0 Å². The summed E-state index contributed by atoms with van der Waals surface area (Å²) in [4.78, 5) is 20.4. The normalized spacial score (nSPS) is 11.2. The fourth-order valence-corrected chi connectivity index (χ4v) is 1.90. The second-order valence-corrected chi connectivity index (χ2v) is 4.87. The highest BCUT2D eigenvalue weighted by Crippen LogP contribution is 2.09. The minimum atomic E-state index is -0.156. The monoisotopic (exact) mass is 315 g/mol. The minimum absolute atomic E-state index is 0.156. The average Bonchev–Trinajstić information content (AvgIpc) is 2.59. The van der Waals surface area contributed by atoms with E-state index in [0.717, 1.165) is 17.5 Å². The van der Waals surface area contributed by atoms with Gasteiger partial charge in [-0.25, -0.2) is 4.98 Å². The van der Waals surface area contributed by atoms with Gasteiger partial charge in [-0.05, 0) is 24.6 Å². The van der Waals surface area contributed by atoms with E-state index in [1.807, 2.05) is 24.3 Å². The summed E-state index contributed by atoms with van der Waals surface area (Å²) in [7, 11) is 1.63. The van der Waals surface area contributed by atoms with E-state index >= 15 is 0 Å². The molecule has 0 saturated carbocycles. The van der Waals surface area contributed by atoms with Gasteiger partial charge in [0.05, 0.1) is 36.1 Å². The molecule has 0 radical (unpaired) electrons. The molecule has 0 atom stereocenters. The number of nitrogens with zero attached hydrogens (tertiary/aromatic N) is 2. The number of hydrogen-bond acceptors (Lipinski definition) is 5. The predicted octanol–water partition coefficient (Wildman–Crippen LogP) is 1.81. The van der Waals surface area contributed by atoms with Gasteiger partial charge in [-0.3, -0.25) is 9.78 Å². The Labute approximate surface area is 135 Å². The van der Waals surface area contributed by atoms with E-state index in [9.17, 15) is 4.79 Å². The first-order chi connectivity index (χ1) is 11.3. The Morgan fingerprint density at radius 2 is 2.04 bits per heavy atom. The van der Waals surface area contributed by atoms with Gasteiger partial charge in [0.25, 0.3) is 0 Å². The minimum Gasteiger partial charge on any atom is -0.382 e. The molecule has 0 bridgehead atoms. The summed E-state index contributed by atoms with van der Waals surface area (Å²) in [5.41, 5.74) is 2.30. The Morgan fingerprint density at radius 3 is 2.87 bits per heavy atom. The molecule has 1 aromatic heterocycles.